The van der Waals surface area contributed by atoms with Gasteiger partial charge >= 0.3 is 5.97 Å². The molecule has 0 amide bonds. The first-order valence-corrected chi connectivity index (χ1v) is 7.86. The van der Waals surface area contributed by atoms with Crippen LogP contribution in [0.3, 0.4) is 0 Å². The topological polar surface area (TPSA) is 75.7 Å². The van der Waals surface area contributed by atoms with E-state index in [1.165, 1.54) is 18.5 Å². The van der Waals surface area contributed by atoms with Gasteiger partial charge in [-0.15, -0.1) is 0 Å². The molecule has 0 bridgehead atoms. The number of carbonyl (C=O) groups excluding carboxylic acids is 1. The van der Waals surface area contributed by atoms with Crippen LogP contribution < -0.4 is 4.72 Å². The second-order valence-corrected chi connectivity index (χ2v) is 7.13. The number of rotatable bonds is 8. The minimum Gasteiger partial charge on any atom is -0.469 e. The quantitative estimate of drug-likeness (QED) is 0.678. The predicted octanol–water partition coefficient (Wildman–Crippen LogP) is 0.996. The van der Waals surface area contributed by atoms with Crippen molar-refractivity contribution in [1.29, 1.82) is 0 Å². The van der Waals surface area contributed by atoms with E-state index in [0.29, 0.717) is 6.42 Å². The van der Waals surface area contributed by atoms with Gasteiger partial charge in [-0.1, -0.05) is 13.8 Å². The Hall–Kier alpha value is -0.660. The van der Waals surface area contributed by atoms with Crippen molar-refractivity contribution >= 4 is 16.2 Å². The molecule has 0 aromatic carbocycles. The van der Waals surface area contributed by atoms with Crippen LogP contribution in [0.25, 0.3) is 0 Å². The molecule has 6 nitrogen and oxygen atoms in total. The number of carbonyl (C=O) groups is 1. The molecule has 0 aliphatic heterocycles. The van der Waals surface area contributed by atoms with Crippen molar-refractivity contribution in [3.8, 4) is 0 Å². The first kappa shape index (κ1) is 18.3. The predicted molar refractivity (Wildman–Crippen MR) is 74.8 cm³/mol. The Balaban J connectivity index is 4.67. The molecule has 0 aliphatic rings. The number of hydrogen-bond acceptors (Lipinski definition) is 4. The van der Waals surface area contributed by atoms with Crippen molar-refractivity contribution in [2.45, 2.75) is 40.2 Å². The van der Waals surface area contributed by atoms with Crippen molar-refractivity contribution in [2.75, 3.05) is 20.7 Å². The van der Waals surface area contributed by atoms with Crippen LogP contribution in [-0.2, 0) is 19.7 Å². The SMILES string of the molecule is COC(=O)[C@@H](CNS(=O)(=O)N(C)C(C)C)CC(C)C. The van der Waals surface area contributed by atoms with Gasteiger partial charge in [0.05, 0.1) is 13.0 Å². The van der Waals surface area contributed by atoms with Gasteiger partial charge in [-0.25, -0.2) is 4.72 Å². The lowest BCUT2D eigenvalue weighted by Crippen LogP contribution is -2.44. The highest BCUT2D eigenvalue weighted by atomic mass is 32.2. The maximum absolute atomic E-state index is 11.9. The van der Waals surface area contributed by atoms with Gasteiger partial charge < -0.3 is 4.74 Å². The van der Waals surface area contributed by atoms with E-state index >= 15 is 0 Å². The first-order valence-electron chi connectivity index (χ1n) is 6.42. The summed E-state index contributed by atoms with van der Waals surface area (Å²) in [6, 6.07) is -0.140. The molecule has 0 aromatic rings. The average molecular weight is 294 g/mol. The summed E-state index contributed by atoms with van der Waals surface area (Å²) in [4.78, 5) is 11.6. The molecule has 1 atom stereocenters. The summed E-state index contributed by atoms with van der Waals surface area (Å²) in [5, 5.41) is 0. The summed E-state index contributed by atoms with van der Waals surface area (Å²) in [5.41, 5.74) is 0. The normalized spacial score (nSPS) is 14.2. The molecule has 0 radical (unpaired) electrons. The van der Waals surface area contributed by atoms with Crippen molar-refractivity contribution in [3.63, 3.8) is 0 Å². The molecule has 114 valence electrons. The Morgan fingerprint density at radius 2 is 1.79 bits per heavy atom. The molecule has 0 spiro atoms. The number of nitrogens with zero attached hydrogens (tertiary/aromatic N) is 1. The van der Waals surface area contributed by atoms with Crippen LogP contribution in [0, 0.1) is 11.8 Å². The van der Waals surface area contributed by atoms with Gasteiger partial charge in [-0.3, -0.25) is 4.79 Å². The van der Waals surface area contributed by atoms with E-state index < -0.39 is 16.1 Å². The monoisotopic (exact) mass is 294 g/mol. The fraction of sp³-hybridized carbons (Fsp3) is 0.917. The molecule has 0 saturated carbocycles. The molecule has 0 aliphatic carbocycles. The summed E-state index contributed by atoms with van der Waals surface area (Å²) in [6.45, 7) is 7.58. The zero-order valence-electron chi connectivity index (χ0n) is 12.6. The molecular weight excluding hydrogens is 268 g/mol. The molecule has 0 aromatic heterocycles. The summed E-state index contributed by atoms with van der Waals surface area (Å²) in [7, 11) is -0.744. The van der Waals surface area contributed by atoms with Crippen LogP contribution >= 0.6 is 0 Å². The molecule has 19 heavy (non-hydrogen) atoms. The molecule has 0 fully saturated rings. The smallest absolute Gasteiger partial charge is 0.309 e. The molecule has 1 N–H and O–H groups in total. The highest BCUT2D eigenvalue weighted by molar-refractivity contribution is 7.87. The van der Waals surface area contributed by atoms with Gasteiger partial charge in [0.25, 0.3) is 10.2 Å². The molecular formula is C12H26N2O4S. The highest BCUT2D eigenvalue weighted by Gasteiger charge is 2.25. The maximum Gasteiger partial charge on any atom is 0.309 e. The van der Waals surface area contributed by atoms with Crippen molar-refractivity contribution in [1.82, 2.24) is 9.03 Å². The lowest BCUT2D eigenvalue weighted by Gasteiger charge is -2.23. The number of ether oxygens (including phenoxy) is 1. The number of hydrogen-bond donors (Lipinski definition) is 1. The zero-order chi connectivity index (χ0) is 15.2. The van der Waals surface area contributed by atoms with E-state index in [9.17, 15) is 13.2 Å². The Morgan fingerprint density at radius 1 is 1.26 bits per heavy atom. The maximum atomic E-state index is 11.9. The molecule has 7 heteroatoms. The van der Waals surface area contributed by atoms with Crippen LogP contribution in [0.1, 0.15) is 34.1 Å². The third-order valence-corrected chi connectivity index (χ3v) is 4.62. The third-order valence-electron chi connectivity index (χ3n) is 2.91. The zero-order valence-corrected chi connectivity index (χ0v) is 13.5. The van der Waals surface area contributed by atoms with Gasteiger partial charge in [0.15, 0.2) is 0 Å². The van der Waals surface area contributed by atoms with E-state index in [-0.39, 0.29) is 24.5 Å². The first-order chi connectivity index (χ1) is 8.61. The Labute approximate surface area is 116 Å². The summed E-state index contributed by atoms with van der Waals surface area (Å²) in [5.74, 6) is -0.555. The molecule has 0 saturated heterocycles. The minimum atomic E-state index is -3.56. The summed E-state index contributed by atoms with van der Waals surface area (Å²) >= 11 is 0. The van der Waals surface area contributed by atoms with Crippen LogP contribution in [0.2, 0.25) is 0 Å². The van der Waals surface area contributed by atoms with Crippen LogP contribution in [0.4, 0.5) is 0 Å². The van der Waals surface area contributed by atoms with E-state index in [1.807, 2.05) is 13.8 Å². The van der Waals surface area contributed by atoms with Crippen molar-refractivity contribution in [3.05, 3.63) is 0 Å². The lowest BCUT2D eigenvalue weighted by molar-refractivity contribution is -0.145. The number of nitrogens with one attached hydrogen (secondary N) is 1. The lowest BCUT2D eigenvalue weighted by atomic mass is 9.97. The molecule has 0 unspecified atom stereocenters. The molecule has 0 heterocycles. The van der Waals surface area contributed by atoms with Crippen LogP contribution in [-0.4, -0.2) is 45.4 Å². The Kier molecular flexibility index (Phi) is 7.54. The van der Waals surface area contributed by atoms with Gasteiger partial charge in [-0.2, -0.15) is 12.7 Å². The number of esters is 1. The second-order valence-electron chi connectivity index (χ2n) is 5.31. The third kappa shape index (κ3) is 6.35. The minimum absolute atomic E-state index is 0.0598. The average Bonchev–Trinajstić information content (AvgIpc) is 2.31. The van der Waals surface area contributed by atoms with E-state index in [0.717, 1.165) is 0 Å². The fourth-order valence-electron chi connectivity index (χ4n) is 1.58. The Bertz CT molecular complexity index is 379. The largest absolute Gasteiger partial charge is 0.469 e. The van der Waals surface area contributed by atoms with Crippen molar-refractivity contribution < 1.29 is 17.9 Å². The van der Waals surface area contributed by atoms with E-state index in [2.05, 4.69) is 4.72 Å². The standard InChI is InChI=1S/C12H26N2O4S/c1-9(2)7-11(12(15)18-6)8-13-19(16,17)14(5)10(3)4/h9-11,13H,7-8H2,1-6H3/t11-/m1/s1. The van der Waals surface area contributed by atoms with Crippen LogP contribution in [0.5, 0.6) is 0 Å². The fourth-order valence-corrected chi connectivity index (χ4v) is 2.75. The van der Waals surface area contributed by atoms with E-state index in [4.69, 9.17) is 4.74 Å². The second kappa shape index (κ2) is 7.81. The van der Waals surface area contributed by atoms with Gasteiger partial charge in [0.1, 0.15) is 0 Å². The molecule has 0 rings (SSSR count). The summed E-state index contributed by atoms with van der Waals surface area (Å²) < 4.78 is 32.3. The highest BCUT2D eigenvalue weighted by Crippen LogP contribution is 2.13. The van der Waals surface area contributed by atoms with Gasteiger partial charge in [0, 0.05) is 19.6 Å². The Morgan fingerprint density at radius 3 is 2.16 bits per heavy atom. The van der Waals surface area contributed by atoms with Gasteiger partial charge in [0.2, 0.25) is 0 Å². The van der Waals surface area contributed by atoms with E-state index in [1.54, 1.807) is 13.8 Å². The number of methoxy groups -OCH3 is 1. The van der Waals surface area contributed by atoms with Crippen molar-refractivity contribution in [2.24, 2.45) is 11.8 Å². The van der Waals surface area contributed by atoms with Gasteiger partial charge in [-0.05, 0) is 26.2 Å². The summed E-state index contributed by atoms with van der Waals surface area (Å²) in [6.07, 6.45) is 0.584. The van der Waals surface area contributed by atoms with Crippen LogP contribution in [0.15, 0.2) is 0 Å².